The molecule has 2 aromatic carbocycles. The quantitative estimate of drug-likeness (QED) is 0.910. The normalized spacial score (nSPS) is 11.8. The molecule has 0 radical (unpaired) electrons. The highest BCUT2D eigenvalue weighted by molar-refractivity contribution is 5.94. The van der Waals surface area contributed by atoms with Gasteiger partial charge in [-0.1, -0.05) is 37.3 Å². The highest BCUT2D eigenvalue weighted by Gasteiger charge is 2.15. The molecule has 4 heteroatoms. The molecule has 21 heavy (non-hydrogen) atoms. The van der Waals surface area contributed by atoms with Gasteiger partial charge in [0, 0.05) is 5.56 Å². The third-order valence-electron chi connectivity index (χ3n) is 3.33. The third kappa shape index (κ3) is 3.60. The average molecular weight is 287 g/mol. The molecular weight excluding hydrogens is 269 g/mol. The zero-order valence-corrected chi connectivity index (χ0v) is 12.1. The Morgan fingerprint density at radius 3 is 2.52 bits per heavy atom. The van der Waals surface area contributed by atoms with Crippen LogP contribution in [0.25, 0.3) is 0 Å². The van der Waals surface area contributed by atoms with E-state index in [1.54, 1.807) is 6.07 Å². The van der Waals surface area contributed by atoms with E-state index < -0.39 is 5.82 Å². The van der Waals surface area contributed by atoms with Crippen LogP contribution in [0, 0.1) is 5.82 Å². The maximum atomic E-state index is 13.6. The molecule has 0 saturated heterocycles. The van der Waals surface area contributed by atoms with E-state index in [9.17, 15) is 9.18 Å². The highest BCUT2D eigenvalue weighted by Crippen LogP contribution is 2.20. The number of amides is 1. The van der Waals surface area contributed by atoms with Crippen molar-refractivity contribution >= 4 is 5.91 Å². The number of carbonyl (C=O) groups is 1. The lowest BCUT2D eigenvalue weighted by Gasteiger charge is -2.17. The fourth-order valence-electron chi connectivity index (χ4n) is 2.16. The van der Waals surface area contributed by atoms with E-state index in [-0.39, 0.29) is 23.3 Å². The van der Waals surface area contributed by atoms with E-state index in [2.05, 4.69) is 5.32 Å². The first-order chi connectivity index (χ1) is 10.2. The predicted molar refractivity (Wildman–Crippen MR) is 79.9 cm³/mol. The lowest BCUT2D eigenvalue weighted by atomic mass is 10.0. The maximum absolute atomic E-state index is 13.6. The SMILES string of the molecule is CC[C@H](NC(=O)c1ccc(OC)c(F)c1)c1ccccc1. The Labute approximate surface area is 123 Å². The first kappa shape index (κ1) is 15.0. The van der Waals surface area contributed by atoms with Crippen LogP contribution in [0.5, 0.6) is 5.75 Å². The second-order valence-electron chi connectivity index (χ2n) is 4.69. The van der Waals surface area contributed by atoms with Gasteiger partial charge in [-0.05, 0) is 30.2 Å². The molecule has 0 unspecified atom stereocenters. The van der Waals surface area contributed by atoms with Gasteiger partial charge in [-0.3, -0.25) is 4.79 Å². The fraction of sp³-hybridized carbons (Fsp3) is 0.235. The van der Waals surface area contributed by atoms with Crippen molar-refractivity contribution in [3.8, 4) is 5.75 Å². The largest absolute Gasteiger partial charge is 0.494 e. The van der Waals surface area contributed by atoms with E-state index in [4.69, 9.17) is 4.74 Å². The summed E-state index contributed by atoms with van der Waals surface area (Å²) >= 11 is 0. The first-order valence-corrected chi connectivity index (χ1v) is 6.85. The number of methoxy groups -OCH3 is 1. The van der Waals surface area contributed by atoms with Crippen LogP contribution in [0.3, 0.4) is 0 Å². The molecule has 3 nitrogen and oxygen atoms in total. The van der Waals surface area contributed by atoms with Gasteiger partial charge in [0.15, 0.2) is 11.6 Å². The van der Waals surface area contributed by atoms with Crippen LogP contribution >= 0.6 is 0 Å². The molecule has 0 bridgehead atoms. The molecule has 0 heterocycles. The van der Waals surface area contributed by atoms with Crippen LogP contribution in [0.4, 0.5) is 4.39 Å². The number of hydrogen-bond acceptors (Lipinski definition) is 2. The van der Waals surface area contributed by atoms with Crippen LogP contribution in [0.15, 0.2) is 48.5 Å². The van der Waals surface area contributed by atoms with Gasteiger partial charge in [-0.25, -0.2) is 4.39 Å². The van der Waals surface area contributed by atoms with Crippen LogP contribution in [0.1, 0.15) is 35.3 Å². The lowest BCUT2D eigenvalue weighted by molar-refractivity contribution is 0.0935. The summed E-state index contributed by atoms with van der Waals surface area (Å²) in [5, 5.41) is 2.92. The van der Waals surface area contributed by atoms with Gasteiger partial charge < -0.3 is 10.1 Å². The molecule has 1 N–H and O–H groups in total. The lowest BCUT2D eigenvalue weighted by Crippen LogP contribution is -2.28. The maximum Gasteiger partial charge on any atom is 0.251 e. The van der Waals surface area contributed by atoms with Crippen molar-refractivity contribution in [2.45, 2.75) is 19.4 Å². The Hall–Kier alpha value is -2.36. The third-order valence-corrected chi connectivity index (χ3v) is 3.33. The number of rotatable bonds is 5. The van der Waals surface area contributed by atoms with Gasteiger partial charge in [-0.15, -0.1) is 0 Å². The monoisotopic (exact) mass is 287 g/mol. The number of halogens is 1. The molecule has 0 saturated carbocycles. The Kier molecular flexibility index (Phi) is 4.93. The summed E-state index contributed by atoms with van der Waals surface area (Å²) in [7, 11) is 1.39. The highest BCUT2D eigenvalue weighted by atomic mass is 19.1. The number of carbonyl (C=O) groups excluding carboxylic acids is 1. The minimum absolute atomic E-state index is 0.0936. The molecule has 0 spiro atoms. The van der Waals surface area contributed by atoms with E-state index >= 15 is 0 Å². The first-order valence-electron chi connectivity index (χ1n) is 6.85. The Morgan fingerprint density at radius 2 is 1.95 bits per heavy atom. The van der Waals surface area contributed by atoms with Crippen molar-refractivity contribution in [2.75, 3.05) is 7.11 Å². The Morgan fingerprint density at radius 1 is 1.24 bits per heavy atom. The number of nitrogens with one attached hydrogen (secondary N) is 1. The van der Waals surface area contributed by atoms with Crippen molar-refractivity contribution in [3.63, 3.8) is 0 Å². The number of hydrogen-bond donors (Lipinski definition) is 1. The van der Waals surface area contributed by atoms with E-state index in [1.165, 1.54) is 19.2 Å². The van der Waals surface area contributed by atoms with Crippen LogP contribution in [-0.2, 0) is 0 Å². The molecular formula is C17H18FNO2. The molecule has 0 aliphatic carbocycles. The average Bonchev–Trinajstić information content (AvgIpc) is 2.53. The van der Waals surface area contributed by atoms with E-state index in [1.807, 2.05) is 37.3 Å². The summed E-state index contributed by atoms with van der Waals surface area (Å²) in [5.41, 5.74) is 1.31. The molecule has 0 aliphatic rings. The second-order valence-corrected chi connectivity index (χ2v) is 4.69. The molecule has 0 fully saturated rings. The van der Waals surface area contributed by atoms with Crippen molar-refractivity contribution in [2.24, 2.45) is 0 Å². The summed E-state index contributed by atoms with van der Waals surface area (Å²) in [6.45, 7) is 1.99. The number of ether oxygens (including phenoxy) is 1. The Bertz CT molecular complexity index is 613. The van der Waals surface area contributed by atoms with Crippen molar-refractivity contribution < 1.29 is 13.9 Å². The molecule has 1 amide bonds. The van der Waals surface area contributed by atoms with Gasteiger partial charge in [0.2, 0.25) is 0 Å². The second kappa shape index (κ2) is 6.88. The number of benzene rings is 2. The van der Waals surface area contributed by atoms with Gasteiger partial charge in [0.25, 0.3) is 5.91 Å². The van der Waals surface area contributed by atoms with E-state index in [0.29, 0.717) is 0 Å². The Balaban J connectivity index is 2.15. The van der Waals surface area contributed by atoms with Crippen molar-refractivity contribution in [1.29, 1.82) is 0 Å². The summed E-state index contributed by atoms with van der Waals surface area (Å²) in [6.07, 6.45) is 0.758. The topological polar surface area (TPSA) is 38.3 Å². The zero-order chi connectivity index (χ0) is 15.2. The van der Waals surface area contributed by atoms with Gasteiger partial charge in [0.05, 0.1) is 13.2 Å². The van der Waals surface area contributed by atoms with E-state index in [0.717, 1.165) is 12.0 Å². The van der Waals surface area contributed by atoms with Gasteiger partial charge in [-0.2, -0.15) is 0 Å². The van der Waals surface area contributed by atoms with Gasteiger partial charge in [0.1, 0.15) is 0 Å². The van der Waals surface area contributed by atoms with Gasteiger partial charge >= 0.3 is 0 Å². The standard InChI is InChI=1S/C17H18FNO2/c1-3-15(12-7-5-4-6-8-12)19-17(20)13-9-10-16(21-2)14(18)11-13/h4-11,15H,3H2,1-2H3,(H,19,20)/t15-/m0/s1. The van der Waals surface area contributed by atoms with Crippen LogP contribution < -0.4 is 10.1 Å². The summed E-state index contributed by atoms with van der Waals surface area (Å²) in [6, 6.07) is 13.8. The smallest absolute Gasteiger partial charge is 0.251 e. The molecule has 110 valence electrons. The fourth-order valence-corrected chi connectivity index (χ4v) is 2.16. The summed E-state index contributed by atoms with van der Waals surface area (Å²) in [4.78, 5) is 12.2. The molecule has 2 rings (SSSR count). The molecule has 0 aromatic heterocycles. The molecule has 1 atom stereocenters. The minimum Gasteiger partial charge on any atom is -0.494 e. The van der Waals surface area contributed by atoms with Crippen molar-refractivity contribution in [3.05, 3.63) is 65.5 Å². The minimum atomic E-state index is -0.544. The van der Waals surface area contributed by atoms with Crippen LogP contribution in [-0.4, -0.2) is 13.0 Å². The summed E-state index contributed by atoms with van der Waals surface area (Å²) < 4.78 is 18.5. The summed E-state index contributed by atoms with van der Waals surface area (Å²) in [5.74, 6) is -0.716. The molecule has 0 aliphatic heterocycles. The van der Waals surface area contributed by atoms with Crippen LogP contribution in [0.2, 0.25) is 0 Å². The zero-order valence-electron chi connectivity index (χ0n) is 12.1. The van der Waals surface area contributed by atoms with Crippen molar-refractivity contribution in [1.82, 2.24) is 5.32 Å². The predicted octanol–water partition coefficient (Wildman–Crippen LogP) is 3.72. The molecule has 2 aromatic rings.